The molecule has 0 spiro atoms. The minimum Gasteiger partial charge on any atom is -0.358 e. The van der Waals surface area contributed by atoms with E-state index in [1.165, 1.54) is 24.3 Å². The second-order valence-corrected chi connectivity index (χ2v) is 9.43. The van der Waals surface area contributed by atoms with E-state index in [-0.39, 0.29) is 17.2 Å². The number of nitrogens with zero attached hydrogens (tertiary/aromatic N) is 3. The van der Waals surface area contributed by atoms with Crippen molar-refractivity contribution >= 4 is 46.6 Å². The summed E-state index contributed by atoms with van der Waals surface area (Å²) in [5.41, 5.74) is 2.28. The number of rotatable bonds is 4. The van der Waals surface area contributed by atoms with Gasteiger partial charge >= 0.3 is 0 Å². The molecule has 4 atom stereocenters. The Hall–Kier alpha value is -4.30. The number of hydrogen-bond donors (Lipinski definition) is 0. The molecule has 0 bridgehead atoms. The van der Waals surface area contributed by atoms with Crippen LogP contribution in [0.25, 0.3) is 6.08 Å². The molecule has 3 aliphatic rings. The number of fused-ring (bicyclic) bond motifs is 5. The van der Waals surface area contributed by atoms with E-state index in [4.69, 9.17) is 11.6 Å². The number of halogens is 1. The summed E-state index contributed by atoms with van der Waals surface area (Å²) in [5.74, 6) is -2.91. The number of anilines is 1. The van der Waals surface area contributed by atoms with Gasteiger partial charge in [-0.3, -0.25) is 24.5 Å². The molecule has 3 aliphatic heterocycles. The summed E-state index contributed by atoms with van der Waals surface area (Å²) in [6.45, 7) is 0. The highest BCUT2D eigenvalue weighted by Gasteiger charge is 2.64. The Morgan fingerprint density at radius 2 is 1.56 bits per heavy atom. The Morgan fingerprint density at radius 1 is 0.889 bits per heavy atom. The zero-order chi connectivity index (χ0) is 25.1. The van der Waals surface area contributed by atoms with Crippen LogP contribution in [0.5, 0.6) is 0 Å². The van der Waals surface area contributed by atoms with E-state index in [1.54, 1.807) is 30.5 Å². The second-order valence-electron chi connectivity index (χ2n) is 8.99. The van der Waals surface area contributed by atoms with Crippen molar-refractivity contribution < 1.29 is 19.3 Å². The van der Waals surface area contributed by atoms with Crippen molar-refractivity contribution in [3.8, 4) is 0 Å². The lowest BCUT2D eigenvalue weighted by molar-refractivity contribution is -0.384. The average molecular weight is 500 g/mol. The molecule has 0 aromatic heterocycles. The van der Waals surface area contributed by atoms with Gasteiger partial charge in [-0.15, -0.1) is 0 Å². The molecule has 2 saturated heterocycles. The molecule has 3 heterocycles. The predicted molar refractivity (Wildman–Crippen MR) is 132 cm³/mol. The van der Waals surface area contributed by atoms with Crippen molar-refractivity contribution in [1.29, 1.82) is 0 Å². The van der Waals surface area contributed by atoms with Gasteiger partial charge in [0.15, 0.2) is 5.78 Å². The Balaban J connectivity index is 1.47. The standard InChI is InChI=1S/C27H18ClN3O5/c28-17-7-5-16(6-8-17)25(32)24-22-21(23-20-4-2-1-3-15(20)13-14-29(23)24)26(33)30(27(22)34)18-9-11-19(12-10-18)31(35)36/h1-14,21-24H/t21-,22-,23-,24+/m0/s1. The van der Waals surface area contributed by atoms with E-state index in [2.05, 4.69) is 0 Å². The van der Waals surface area contributed by atoms with Gasteiger partial charge in [0.2, 0.25) is 11.8 Å². The summed E-state index contributed by atoms with van der Waals surface area (Å²) in [4.78, 5) is 54.9. The molecule has 0 aliphatic carbocycles. The largest absolute Gasteiger partial charge is 0.358 e. The Morgan fingerprint density at radius 3 is 2.25 bits per heavy atom. The lowest BCUT2D eigenvalue weighted by Crippen LogP contribution is -2.44. The molecule has 8 nitrogen and oxygen atoms in total. The molecule has 9 heteroatoms. The topological polar surface area (TPSA) is 101 Å². The first-order chi connectivity index (χ1) is 17.4. The van der Waals surface area contributed by atoms with Gasteiger partial charge in [-0.1, -0.05) is 35.9 Å². The Labute approximate surface area is 210 Å². The van der Waals surface area contributed by atoms with Crippen molar-refractivity contribution in [3.05, 3.63) is 111 Å². The van der Waals surface area contributed by atoms with Crippen molar-refractivity contribution in [2.75, 3.05) is 4.90 Å². The lowest BCUT2D eigenvalue weighted by Gasteiger charge is -2.35. The number of Topliss-reactive ketones (excluding diaryl/α,β-unsaturated/α-hetero) is 1. The van der Waals surface area contributed by atoms with Gasteiger partial charge in [0.25, 0.3) is 5.69 Å². The van der Waals surface area contributed by atoms with E-state index < -0.39 is 40.7 Å². The maximum atomic E-state index is 13.8. The van der Waals surface area contributed by atoms with Gasteiger partial charge in [0.05, 0.1) is 28.5 Å². The second kappa shape index (κ2) is 8.13. The van der Waals surface area contributed by atoms with E-state index in [0.717, 1.165) is 16.0 Å². The number of benzene rings is 3. The van der Waals surface area contributed by atoms with E-state index >= 15 is 0 Å². The maximum Gasteiger partial charge on any atom is 0.269 e. The van der Waals surface area contributed by atoms with E-state index in [1.807, 2.05) is 35.2 Å². The number of ketones is 1. The molecule has 0 radical (unpaired) electrons. The molecular formula is C27H18ClN3O5. The predicted octanol–water partition coefficient (Wildman–Crippen LogP) is 4.65. The Bertz CT molecular complexity index is 1470. The van der Waals surface area contributed by atoms with Gasteiger partial charge in [-0.2, -0.15) is 0 Å². The fourth-order valence-corrected chi connectivity index (χ4v) is 5.75. The average Bonchev–Trinajstić information content (AvgIpc) is 3.36. The highest BCUT2D eigenvalue weighted by atomic mass is 35.5. The minimum atomic E-state index is -0.920. The number of hydrogen-bond acceptors (Lipinski definition) is 6. The smallest absolute Gasteiger partial charge is 0.269 e. The lowest BCUT2D eigenvalue weighted by atomic mass is 9.83. The van der Waals surface area contributed by atoms with E-state index in [9.17, 15) is 24.5 Å². The summed E-state index contributed by atoms with van der Waals surface area (Å²) >= 11 is 6.01. The van der Waals surface area contributed by atoms with Crippen LogP contribution >= 0.6 is 11.6 Å². The number of amides is 2. The third-order valence-electron chi connectivity index (χ3n) is 7.18. The Kier molecular flexibility index (Phi) is 5.01. The molecule has 0 N–H and O–H groups in total. The number of nitro benzene ring substituents is 1. The van der Waals surface area contributed by atoms with Crippen LogP contribution in [-0.2, 0) is 9.59 Å². The molecule has 36 heavy (non-hydrogen) atoms. The first-order valence-electron chi connectivity index (χ1n) is 11.3. The molecular weight excluding hydrogens is 482 g/mol. The van der Waals surface area contributed by atoms with Gasteiger partial charge in [0, 0.05) is 28.9 Å². The molecule has 0 unspecified atom stereocenters. The van der Waals surface area contributed by atoms with Crippen LogP contribution < -0.4 is 4.90 Å². The molecule has 3 aromatic carbocycles. The molecule has 6 rings (SSSR count). The molecule has 2 amide bonds. The molecule has 178 valence electrons. The highest BCUT2D eigenvalue weighted by Crippen LogP contribution is 2.53. The number of imide groups is 1. The van der Waals surface area contributed by atoms with Gasteiger partial charge < -0.3 is 4.90 Å². The summed E-state index contributed by atoms with van der Waals surface area (Å²) in [6.07, 6.45) is 3.68. The van der Waals surface area contributed by atoms with Crippen molar-refractivity contribution in [1.82, 2.24) is 4.90 Å². The summed E-state index contributed by atoms with van der Waals surface area (Å²) in [7, 11) is 0. The quantitative estimate of drug-likeness (QED) is 0.224. The van der Waals surface area contributed by atoms with Crippen LogP contribution in [0.2, 0.25) is 5.02 Å². The minimum absolute atomic E-state index is 0.147. The molecule has 3 aromatic rings. The van der Waals surface area contributed by atoms with Crippen molar-refractivity contribution in [2.45, 2.75) is 12.1 Å². The number of non-ortho nitro benzene ring substituents is 1. The third kappa shape index (κ3) is 3.18. The third-order valence-corrected chi connectivity index (χ3v) is 7.43. The SMILES string of the molecule is O=C(c1ccc(Cl)cc1)[C@H]1[C@H]2C(=O)N(c3ccc([N+](=O)[O-])cc3)C(=O)[C@@H]2[C@@H]2c3ccccc3C=CN12. The number of nitro groups is 1. The zero-order valence-electron chi connectivity index (χ0n) is 18.7. The van der Waals surface area contributed by atoms with E-state index in [0.29, 0.717) is 10.6 Å². The zero-order valence-corrected chi connectivity index (χ0v) is 19.4. The maximum absolute atomic E-state index is 13.8. The van der Waals surface area contributed by atoms with Crippen LogP contribution in [0, 0.1) is 22.0 Å². The monoisotopic (exact) mass is 499 g/mol. The van der Waals surface area contributed by atoms with Gasteiger partial charge in [-0.25, -0.2) is 4.90 Å². The van der Waals surface area contributed by atoms with Crippen LogP contribution in [-0.4, -0.2) is 33.5 Å². The fourth-order valence-electron chi connectivity index (χ4n) is 5.62. The normalized spacial score (nSPS) is 23.9. The van der Waals surface area contributed by atoms with Gasteiger partial charge in [0.1, 0.15) is 6.04 Å². The molecule has 2 fully saturated rings. The van der Waals surface area contributed by atoms with Crippen LogP contribution in [0.4, 0.5) is 11.4 Å². The fraction of sp³-hybridized carbons (Fsp3) is 0.148. The summed E-state index contributed by atoms with van der Waals surface area (Å²) in [6, 6.07) is 18.0. The van der Waals surface area contributed by atoms with Crippen LogP contribution in [0.3, 0.4) is 0 Å². The number of carbonyl (C=O) groups excluding carboxylic acids is 3. The van der Waals surface area contributed by atoms with Crippen molar-refractivity contribution in [3.63, 3.8) is 0 Å². The van der Waals surface area contributed by atoms with Crippen molar-refractivity contribution in [2.24, 2.45) is 11.8 Å². The summed E-state index contributed by atoms with van der Waals surface area (Å²) in [5, 5.41) is 11.6. The first-order valence-corrected chi connectivity index (χ1v) is 11.7. The highest BCUT2D eigenvalue weighted by molar-refractivity contribution is 6.30. The van der Waals surface area contributed by atoms with Crippen LogP contribution in [0.1, 0.15) is 27.5 Å². The van der Waals surface area contributed by atoms with Gasteiger partial charge in [-0.05, 0) is 53.6 Å². The molecule has 0 saturated carbocycles. The summed E-state index contributed by atoms with van der Waals surface area (Å²) < 4.78 is 0. The first kappa shape index (κ1) is 22.2. The number of carbonyl (C=O) groups is 3. The van der Waals surface area contributed by atoms with Crippen LogP contribution in [0.15, 0.2) is 79.0 Å².